The molecule has 2 aliphatic heterocycles. The van der Waals surface area contributed by atoms with Gasteiger partial charge in [0.2, 0.25) is 11.6 Å². The second-order valence-corrected chi connectivity index (χ2v) is 10.6. The first-order chi connectivity index (χ1) is 21.6. The van der Waals surface area contributed by atoms with Gasteiger partial charge < -0.3 is 48.3 Å². The SMILES string of the molecule is CO[C@@]1(C)O[C@@H]2[C@@H](O)[C@@H](OC[C@H](NC(=O)OCc3ccccc3)C(=O)OCc3ccccc3)O[C@H](CN=[N+]=[N-])[C@H]2O[C@]1(C)OC. The molecule has 0 aliphatic carbocycles. The summed E-state index contributed by atoms with van der Waals surface area (Å²) < 4.78 is 46.0. The lowest BCUT2D eigenvalue weighted by molar-refractivity contribution is -0.478. The van der Waals surface area contributed by atoms with Crippen LogP contribution in [0, 0.1) is 0 Å². The molecule has 4 rings (SSSR count). The average Bonchev–Trinajstić information content (AvgIpc) is 3.06. The molecule has 45 heavy (non-hydrogen) atoms. The second-order valence-electron chi connectivity index (χ2n) is 10.6. The van der Waals surface area contributed by atoms with Crippen LogP contribution in [0.25, 0.3) is 10.4 Å². The van der Waals surface area contributed by atoms with Crippen molar-refractivity contribution in [3.63, 3.8) is 0 Å². The van der Waals surface area contributed by atoms with Gasteiger partial charge in [0.25, 0.3) is 0 Å². The zero-order valence-corrected chi connectivity index (χ0v) is 25.4. The summed E-state index contributed by atoms with van der Waals surface area (Å²) in [6, 6.07) is 16.6. The van der Waals surface area contributed by atoms with E-state index in [9.17, 15) is 14.7 Å². The summed E-state index contributed by atoms with van der Waals surface area (Å²) in [5.41, 5.74) is 10.4. The first-order valence-corrected chi connectivity index (χ1v) is 14.2. The molecule has 0 saturated carbocycles. The number of hydrogen-bond acceptors (Lipinski definition) is 12. The van der Waals surface area contributed by atoms with Crippen molar-refractivity contribution in [2.75, 3.05) is 27.4 Å². The molecular formula is C30H38N4O11. The predicted molar refractivity (Wildman–Crippen MR) is 155 cm³/mol. The fourth-order valence-corrected chi connectivity index (χ4v) is 4.87. The summed E-state index contributed by atoms with van der Waals surface area (Å²) in [5, 5.41) is 17.4. The standard InChI is InChI=1S/C30H38N4O11/c1-29(38-3)30(2,39-4)45-25-23(35)27(43-22(15-32-34-31)24(25)44-29)41-18-21(26(36)40-16-19-11-7-5-8-12-19)33-28(37)42-17-20-13-9-6-10-14-20/h5-14,21-25,27,35H,15-18H2,1-4H3,(H,33,37)/t21-,22+,23+,24+,25+,27-,29-,30-/m0/s1. The number of amides is 1. The Morgan fingerprint density at radius 1 is 0.956 bits per heavy atom. The number of methoxy groups -OCH3 is 2. The third-order valence-electron chi connectivity index (χ3n) is 7.71. The highest BCUT2D eigenvalue weighted by molar-refractivity contribution is 5.81. The molecule has 0 bridgehead atoms. The van der Waals surface area contributed by atoms with Crippen LogP contribution in [0.2, 0.25) is 0 Å². The molecule has 0 radical (unpaired) electrons. The Balaban J connectivity index is 1.48. The third-order valence-corrected chi connectivity index (χ3v) is 7.71. The summed E-state index contributed by atoms with van der Waals surface area (Å²) in [4.78, 5) is 28.6. The molecule has 8 atom stereocenters. The highest BCUT2D eigenvalue weighted by atomic mass is 16.8. The minimum absolute atomic E-state index is 0.0378. The molecule has 2 heterocycles. The van der Waals surface area contributed by atoms with Gasteiger partial charge >= 0.3 is 12.1 Å². The molecular weight excluding hydrogens is 592 g/mol. The number of alkyl carbamates (subject to hydrolysis) is 1. The van der Waals surface area contributed by atoms with Gasteiger partial charge in [-0.1, -0.05) is 65.8 Å². The van der Waals surface area contributed by atoms with E-state index < -0.39 is 67.0 Å². The van der Waals surface area contributed by atoms with Gasteiger partial charge in [-0.15, -0.1) is 0 Å². The Morgan fingerprint density at radius 3 is 2.07 bits per heavy atom. The second kappa shape index (κ2) is 15.5. The Labute approximate surface area is 260 Å². The number of rotatable bonds is 13. The highest BCUT2D eigenvalue weighted by Crippen LogP contribution is 2.43. The normalized spacial score (nSPS) is 29.8. The summed E-state index contributed by atoms with van der Waals surface area (Å²) in [6.07, 6.45) is -6.79. The van der Waals surface area contributed by atoms with Crippen LogP contribution in [0.5, 0.6) is 0 Å². The van der Waals surface area contributed by atoms with Gasteiger partial charge in [0.1, 0.15) is 31.5 Å². The molecule has 2 N–H and O–H groups in total. The smallest absolute Gasteiger partial charge is 0.408 e. The lowest BCUT2D eigenvalue weighted by atomic mass is 9.94. The van der Waals surface area contributed by atoms with Crippen molar-refractivity contribution in [3.05, 3.63) is 82.2 Å². The van der Waals surface area contributed by atoms with Gasteiger partial charge in [0.15, 0.2) is 12.3 Å². The minimum Gasteiger partial charge on any atom is -0.459 e. The number of esters is 1. The number of aliphatic hydroxyl groups is 1. The van der Waals surface area contributed by atoms with Crippen LogP contribution in [-0.4, -0.2) is 92.9 Å². The number of nitrogens with zero attached hydrogens (tertiary/aromatic N) is 3. The van der Waals surface area contributed by atoms with E-state index in [0.29, 0.717) is 0 Å². The number of aliphatic hydroxyl groups excluding tert-OH is 1. The molecule has 2 aromatic rings. The molecule has 2 saturated heterocycles. The zero-order chi connectivity index (χ0) is 32.5. The lowest BCUT2D eigenvalue weighted by Gasteiger charge is -2.56. The highest BCUT2D eigenvalue weighted by Gasteiger charge is 2.62. The Morgan fingerprint density at radius 2 is 1.51 bits per heavy atom. The number of hydrogen-bond donors (Lipinski definition) is 2. The maximum Gasteiger partial charge on any atom is 0.408 e. The van der Waals surface area contributed by atoms with E-state index in [1.165, 1.54) is 14.2 Å². The summed E-state index contributed by atoms with van der Waals surface area (Å²) >= 11 is 0. The van der Waals surface area contributed by atoms with Crippen LogP contribution >= 0.6 is 0 Å². The summed E-state index contributed by atoms with van der Waals surface area (Å²) in [5.74, 6) is -3.71. The molecule has 15 nitrogen and oxygen atoms in total. The van der Waals surface area contributed by atoms with E-state index in [2.05, 4.69) is 15.3 Å². The molecule has 1 amide bonds. The molecule has 0 spiro atoms. The largest absolute Gasteiger partial charge is 0.459 e. The van der Waals surface area contributed by atoms with E-state index in [0.717, 1.165) is 11.1 Å². The number of nitrogens with one attached hydrogen (secondary N) is 1. The number of ether oxygens (including phenoxy) is 8. The van der Waals surface area contributed by atoms with Crippen molar-refractivity contribution < 1.29 is 52.6 Å². The summed E-state index contributed by atoms with van der Waals surface area (Å²) in [7, 11) is 2.80. The first-order valence-electron chi connectivity index (χ1n) is 14.2. The van der Waals surface area contributed by atoms with E-state index in [4.69, 9.17) is 43.4 Å². The maximum atomic E-state index is 13.1. The Kier molecular flexibility index (Phi) is 11.7. The molecule has 0 unspecified atom stereocenters. The van der Waals surface area contributed by atoms with E-state index in [1.54, 1.807) is 62.4 Å². The molecule has 2 aromatic carbocycles. The van der Waals surface area contributed by atoms with Crippen LogP contribution < -0.4 is 5.32 Å². The van der Waals surface area contributed by atoms with Crippen molar-refractivity contribution in [1.82, 2.24) is 5.32 Å². The molecule has 15 heteroatoms. The monoisotopic (exact) mass is 630 g/mol. The fourth-order valence-electron chi connectivity index (χ4n) is 4.87. The topological polar surface area (TPSA) is 189 Å². The molecule has 0 aromatic heterocycles. The van der Waals surface area contributed by atoms with Crippen molar-refractivity contribution in [2.24, 2.45) is 5.11 Å². The van der Waals surface area contributed by atoms with Gasteiger partial charge in [-0.05, 0) is 30.5 Å². The first kappa shape index (κ1) is 34.1. The minimum atomic E-state index is -1.47. The summed E-state index contributed by atoms with van der Waals surface area (Å²) in [6.45, 7) is 2.39. The molecule has 244 valence electrons. The fraction of sp³-hybridized carbons (Fsp3) is 0.533. The van der Waals surface area contributed by atoms with Crippen LogP contribution in [0.1, 0.15) is 25.0 Å². The van der Waals surface area contributed by atoms with Gasteiger partial charge in [-0.3, -0.25) is 0 Å². The van der Waals surface area contributed by atoms with Gasteiger partial charge in [0, 0.05) is 19.1 Å². The number of azide groups is 1. The predicted octanol–water partition coefficient (Wildman–Crippen LogP) is 2.95. The van der Waals surface area contributed by atoms with Crippen molar-refractivity contribution >= 4 is 12.1 Å². The van der Waals surface area contributed by atoms with Crippen LogP contribution in [0.4, 0.5) is 4.79 Å². The lowest BCUT2D eigenvalue weighted by Crippen LogP contribution is -2.73. The van der Waals surface area contributed by atoms with Crippen molar-refractivity contribution in [2.45, 2.75) is 75.4 Å². The number of carbonyl (C=O) groups excluding carboxylic acids is 2. The van der Waals surface area contributed by atoms with E-state index in [1.807, 2.05) is 12.1 Å². The Hall–Kier alpha value is -3.79. The van der Waals surface area contributed by atoms with E-state index in [-0.39, 0.29) is 19.8 Å². The third kappa shape index (κ3) is 8.28. The van der Waals surface area contributed by atoms with Crippen LogP contribution in [0.3, 0.4) is 0 Å². The number of fused-ring (bicyclic) bond motifs is 1. The van der Waals surface area contributed by atoms with Gasteiger partial charge in [-0.25, -0.2) is 9.59 Å². The molecule has 2 fully saturated rings. The van der Waals surface area contributed by atoms with Gasteiger partial charge in [-0.2, -0.15) is 0 Å². The zero-order valence-electron chi connectivity index (χ0n) is 25.4. The van der Waals surface area contributed by atoms with E-state index >= 15 is 0 Å². The molecule has 2 aliphatic rings. The van der Waals surface area contributed by atoms with Gasteiger partial charge in [0.05, 0.1) is 19.3 Å². The quantitative estimate of drug-likeness (QED) is 0.143. The van der Waals surface area contributed by atoms with Crippen LogP contribution in [-0.2, 0) is 55.9 Å². The maximum absolute atomic E-state index is 13.1. The average molecular weight is 631 g/mol. The van der Waals surface area contributed by atoms with Crippen molar-refractivity contribution in [1.29, 1.82) is 0 Å². The van der Waals surface area contributed by atoms with Crippen molar-refractivity contribution in [3.8, 4) is 0 Å². The van der Waals surface area contributed by atoms with Crippen LogP contribution in [0.15, 0.2) is 65.8 Å². The number of carbonyl (C=O) groups is 2. The number of benzene rings is 2. The Bertz CT molecular complexity index is 1320.